The molecule has 0 unspecified atom stereocenters. The van der Waals surface area contributed by atoms with E-state index in [1.165, 1.54) is 32.1 Å². The molecule has 0 radical (unpaired) electrons. The Morgan fingerprint density at radius 3 is 2.94 bits per heavy atom. The maximum atomic E-state index is 10.6. The molecule has 1 saturated carbocycles. The molecule has 100 valence electrons. The number of carboxylic acids is 1. The molecule has 1 fully saturated rings. The SMILES string of the molecule is O=C(O)Cc1csc(CCNC2CCCCC2)n1. The third-order valence-corrected chi connectivity index (χ3v) is 4.27. The summed E-state index contributed by atoms with van der Waals surface area (Å²) in [5.74, 6) is -0.813. The lowest BCUT2D eigenvalue weighted by Gasteiger charge is -2.22. The number of rotatable bonds is 6. The second kappa shape index (κ2) is 6.85. The Labute approximate surface area is 111 Å². The van der Waals surface area contributed by atoms with Crippen LogP contribution in [0.2, 0.25) is 0 Å². The highest BCUT2D eigenvalue weighted by Gasteiger charge is 2.12. The number of nitrogens with one attached hydrogen (secondary N) is 1. The van der Waals surface area contributed by atoms with E-state index >= 15 is 0 Å². The van der Waals surface area contributed by atoms with E-state index in [4.69, 9.17) is 5.11 Å². The van der Waals surface area contributed by atoms with Crippen LogP contribution in [-0.2, 0) is 17.6 Å². The van der Waals surface area contributed by atoms with Crippen molar-refractivity contribution in [3.63, 3.8) is 0 Å². The molecule has 0 aliphatic heterocycles. The van der Waals surface area contributed by atoms with E-state index in [9.17, 15) is 4.79 Å². The van der Waals surface area contributed by atoms with Gasteiger partial charge in [0, 0.05) is 24.4 Å². The zero-order valence-corrected chi connectivity index (χ0v) is 11.3. The zero-order chi connectivity index (χ0) is 12.8. The minimum absolute atomic E-state index is 0.0343. The van der Waals surface area contributed by atoms with Crippen molar-refractivity contribution in [2.75, 3.05) is 6.54 Å². The number of aliphatic carboxylic acids is 1. The van der Waals surface area contributed by atoms with Gasteiger partial charge >= 0.3 is 5.97 Å². The first-order valence-corrected chi connectivity index (χ1v) is 7.50. The van der Waals surface area contributed by atoms with E-state index in [-0.39, 0.29) is 6.42 Å². The third-order valence-electron chi connectivity index (χ3n) is 3.31. The molecule has 1 heterocycles. The van der Waals surface area contributed by atoms with E-state index in [0.717, 1.165) is 18.0 Å². The van der Waals surface area contributed by atoms with Crippen molar-refractivity contribution >= 4 is 17.3 Å². The van der Waals surface area contributed by atoms with E-state index in [2.05, 4.69) is 10.3 Å². The lowest BCUT2D eigenvalue weighted by atomic mass is 9.95. The number of aromatic nitrogens is 1. The molecule has 1 aliphatic rings. The van der Waals surface area contributed by atoms with Crippen molar-refractivity contribution in [2.45, 2.75) is 51.0 Å². The van der Waals surface area contributed by atoms with E-state index in [1.54, 1.807) is 11.3 Å². The molecule has 0 aromatic carbocycles. The van der Waals surface area contributed by atoms with Crippen LogP contribution in [0.15, 0.2) is 5.38 Å². The smallest absolute Gasteiger partial charge is 0.309 e. The van der Waals surface area contributed by atoms with Crippen molar-refractivity contribution < 1.29 is 9.90 Å². The maximum Gasteiger partial charge on any atom is 0.309 e. The van der Waals surface area contributed by atoms with Gasteiger partial charge < -0.3 is 10.4 Å². The van der Waals surface area contributed by atoms with Gasteiger partial charge in [0.15, 0.2) is 0 Å². The second-order valence-corrected chi connectivity index (χ2v) is 5.78. The van der Waals surface area contributed by atoms with Gasteiger partial charge in [-0.3, -0.25) is 4.79 Å². The fraction of sp³-hybridized carbons (Fsp3) is 0.692. The summed E-state index contributed by atoms with van der Waals surface area (Å²) in [6.45, 7) is 0.949. The molecule has 1 aromatic rings. The molecule has 1 aromatic heterocycles. The van der Waals surface area contributed by atoms with Crippen LogP contribution in [0.1, 0.15) is 42.8 Å². The highest BCUT2D eigenvalue weighted by Crippen LogP contribution is 2.17. The van der Waals surface area contributed by atoms with Crippen molar-refractivity contribution in [2.24, 2.45) is 0 Å². The Bertz CT molecular complexity index is 386. The Balaban J connectivity index is 1.69. The number of thiazole rings is 1. The van der Waals surface area contributed by atoms with E-state index in [0.29, 0.717) is 11.7 Å². The lowest BCUT2D eigenvalue weighted by molar-refractivity contribution is -0.136. The van der Waals surface area contributed by atoms with Crippen LogP contribution in [0.5, 0.6) is 0 Å². The third kappa shape index (κ3) is 4.38. The van der Waals surface area contributed by atoms with Gasteiger partial charge in [-0.15, -0.1) is 11.3 Å². The van der Waals surface area contributed by atoms with Gasteiger partial charge in [-0.05, 0) is 12.8 Å². The average molecular weight is 268 g/mol. The van der Waals surface area contributed by atoms with Crippen molar-refractivity contribution in [1.29, 1.82) is 0 Å². The van der Waals surface area contributed by atoms with Gasteiger partial charge in [0.05, 0.1) is 17.1 Å². The number of carboxylic acid groups (broad SMARTS) is 1. The summed E-state index contributed by atoms with van der Waals surface area (Å²) in [5, 5.41) is 15.1. The molecule has 18 heavy (non-hydrogen) atoms. The highest BCUT2D eigenvalue weighted by atomic mass is 32.1. The summed E-state index contributed by atoms with van der Waals surface area (Å²) >= 11 is 1.56. The number of nitrogens with zero attached hydrogens (tertiary/aromatic N) is 1. The van der Waals surface area contributed by atoms with Gasteiger partial charge in [0.1, 0.15) is 0 Å². The van der Waals surface area contributed by atoms with Crippen LogP contribution in [-0.4, -0.2) is 28.6 Å². The van der Waals surface area contributed by atoms with Crippen LogP contribution in [0.25, 0.3) is 0 Å². The van der Waals surface area contributed by atoms with Crippen LogP contribution in [0.4, 0.5) is 0 Å². The standard InChI is InChI=1S/C13H20N2O2S/c16-13(17)8-11-9-18-12(15-11)6-7-14-10-4-2-1-3-5-10/h9-10,14H,1-8H2,(H,16,17). The summed E-state index contributed by atoms with van der Waals surface area (Å²) in [6, 6.07) is 0.678. The summed E-state index contributed by atoms with van der Waals surface area (Å²) in [6.07, 6.45) is 7.59. The second-order valence-electron chi connectivity index (χ2n) is 4.84. The zero-order valence-electron chi connectivity index (χ0n) is 10.5. The van der Waals surface area contributed by atoms with Crippen LogP contribution < -0.4 is 5.32 Å². The first-order chi connectivity index (χ1) is 8.74. The van der Waals surface area contributed by atoms with Crippen molar-refractivity contribution in [3.8, 4) is 0 Å². The molecule has 0 amide bonds. The first-order valence-electron chi connectivity index (χ1n) is 6.62. The lowest BCUT2D eigenvalue weighted by Crippen LogP contribution is -2.32. The molecule has 0 spiro atoms. The van der Waals surface area contributed by atoms with Crippen LogP contribution in [0.3, 0.4) is 0 Å². The Morgan fingerprint density at radius 2 is 2.22 bits per heavy atom. The predicted octanol–water partition coefficient (Wildman–Crippen LogP) is 2.24. The molecule has 0 bridgehead atoms. The molecule has 4 nitrogen and oxygen atoms in total. The minimum Gasteiger partial charge on any atom is -0.481 e. The largest absolute Gasteiger partial charge is 0.481 e. The maximum absolute atomic E-state index is 10.6. The van der Waals surface area contributed by atoms with Crippen molar-refractivity contribution in [1.82, 2.24) is 10.3 Å². The van der Waals surface area contributed by atoms with E-state index in [1.807, 2.05) is 5.38 Å². The van der Waals surface area contributed by atoms with Crippen molar-refractivity contribution in [3.05, 3.63) is 16.1 Å². The Hall–Kier alpha value is -0.940. The molecule has 2 rings (SSSR count). The van der Waals surface area contributed by atoms with Crippen LogP contribution in [0, 0.1) is 0 Å². The van der Waals surface area contributed by atoms with Gasteiger partial charge in [-0.2, -0.15) is 0 Å². The summed E-state index contributed by atoms with van der Waals surface area (Å²) in [7, 11) is 0. The topological polar surface area (TPSA) is 62.2 Å². The van der Waals surface area contributed by atoms with Gasteiger partial charge in [0.25, 0.3) is 0 Å². The normalized spacial score (nSPS) is 16.9. The van der Waals surface area contributed by atoms with Crippen LogP contribution >= 0.6 is 11.3 Å². The molecule has 2 N–H and O–H groups in total. The summed E-state index contributed by atoms with van der Waals surface area (Å²) < 4.78 is 0. The molecule has 1 aliphatic carbocycles. The molecule has 0 saturated heterocycles. The predicted molar refractivity (Wildman–Crippen MR) is 72.0 cm³/mol. The van der Waals surface area contributed by atoms with Gasteiger partial charge in [-0.1, -0.05) is 19.3 Å². The molecule has 0 atom stereocenters. The molecular formula is C13H20N2O2S. The Morgan fingerprint density at radius 1 is 1.44 bits per heavy atom. The first kappa shape index (κ1) is 13.5. The fourth-order valence-electron chi connectivity index (χ4n) is 2.39. The summed E-state index contributed by atoms with van der Waals surface area (Å²) in [4.78, 5) is 14.9. The molecular weight excluding hydrogens is 248 g/mol. The highest BCUT2D eigenvalue weighted by molar-refractivity contribution is 7.09. The Kier molecular flexibility index (Phi) is 5.13. The summed E-state index contributed by atoms with van der Waals surface area (Å²) in [5.41, 5.74) is 0.681. The number of hydrogen-bond donors (Lipinski definition) is 2. The monoisotopic (exact) mass is 268 g/mol. The quantitative estimate of drug-likeness (QED) is 0.830. The van der Waals surface area contributed by atoms with E-state index < -0.39 is 5.97 Å². The average Bonchev–Trinajstić information content (AvgIpc) is 2.77. The number of hydrogen-bond acceptors (Lipinski definition) is 4. The number of carbonyl (C=O) groups is 1. The minimum atomic E-state index is -0.813. The van der Waals surface area contributed by atoms with Gasteiger partial charge in [0.2, 0.25) is 0 Å². The molecule has 5 heteroatoms. The fourth-order valence-corrected chi connectivity index (χ4v) is 3.19. The van der Waals surface area contributed by atoms with Gasteiger partial charge in [-0.25, -0.2) is 4.98 Å².